The maximum Gasteiger partial charge on any atom is 0.300 e. The van der Waals surface area contributed by atoms with Crippen LogP contribution in [0, 0.1) is 23.7 Å². The Morgan fingerprint density at radius 3 is 3.00 bits per heavy atom. The summed E-state index contributed by atoms with van der Waals surface area (Å²) in [5, 5.41) is 4.78. The highest BCUT2D eigenvalue weighted by atomic mass is 16.2. The third-order valence-electron chi connectivity index (χ3n) is 7.43. The second-order valence-electron chi connectivity index (χ2n) is 9.10. The van der Waals surface area contributed by atoms with Gasteiger partial charge in [-0.25, -0.2) is 4.98 Å². The molecule has 29 heavy (non-hydrogen) atoms. The van der Waals surface area contributed by atoms with Gasteiger partial charge in [-0.2, -0.15) is 0 Å². The number of unbranched alkanes of at least 4 members (excludes halogenated alkanes) is 1. The number of nitrogens with one attached hydrogen (secondary N) is 2. The van der Waals surface area contributed by atoms with Gasteiger partial charge in [0.05, 0.1) is 12.2 Å². The molecule has 4 aliphatic rings. The average molecular weight is 392 g/mol. The van der Waals surface area contributed by atoms with Gasteiger partial charge in [0.25, 0.3) is 5.91 Å². The van der Waals surface area contributed by atoms with Crippen LogP contribution in [0.15, 0.2) is 18.3 Å². The Morgan fingerprint density at radius 2 is 2.31 bits per heavy atom. The minimum absolute atomic E-state index is 0.0112. The highest BCUT2D eigenvalue weighted by Gasteiger charge is 2.62. The van der Waals surface area contributed by atoms with Crippen LogP contribution in [0.2, 0.25) is 0 Å². The Bertz CT molecular complexity index is 983. The van der Waals surface area contributed by atoms with Crippen LogP contribution in [0.4, 0.5) is 0 Å². The van der Waals surface area contributed by atoms with E-state index in [1.807, 2.05) is 17.2 Å². The number of fused-ring (bicyclic) bond motifs is 4. The summed E-state index contributed by atoms with van der Waals surface area (Å²) >= 11 is 0. The van der Waals surface area contributed by atoms with Crippen LogP contribution in [0.3, 0.4) is 0 Å². The molecule has 2 aromatic heterocycles. The number of carbonyl (C=O) groups excluding carboxylic acids is 1. The van der Waals surface area contributed by atoms with E-state index in [1.54, 1.807) is 0 Å². The molecule has 2 aromatic rings. The Kier molecular flexibility index (Phi) is 4.41. The fourth-order valence-corrected chi connectivity index (χ4v) is 6.14. The minimum Gasteiger partial charge on any atom is -0.341 e. The smallest absolute Gasteiger partial charge is 0.300 e. The summed E-state index contributed by atoms with van der Waals surface area (Å²) in [7, 11) is 0. The standard InChI is InChI=1S/C23H29N5O/c1-3-5-8-25-18-10-16-15-7-6-9-26-22(15)27-20(16)21(28(18)19(29)4-2)23-11-14(12-23)17(24)13-23/h2,6-7,9,14,17-18,21,25H,3,5,8,10-13,24H2,1H3,(H,26,27)/t14?,17-,18+,21+,23?/m0/s1. The fraction of sp³-hybridized carbons (Fsp3) is 0.565. The van der Waals surface area contributed by atoms with Crippen molar-refractivity contribution in [2.75, 3.05) is 6.54 Å². The quantitative estimate of drug-likeness (QED) is 0.540. The number of aromatic nitrogens is 2. The second-order valence-corrected chi connectivity index (χ2v) is 9.10. The third-order valence-corrected chi connectivity index (χ3v) is 7.43. The lowest BCUT2D eigenvalue weighted by Crippen LogP contribution is -2.58. The van der Waals surface area contributed by atoms with Crippen LogP contribution in [-0.2, 0) is 11.2 Å². The SMILES string of the molecule is C#CC(=O)N1[C@@H](NCCCC)Cc2c([nH]c3ncccc23)[C@@H]1C12CC(C1)[C@@H](N)C2. The van der Waals surface area contributed by atoms with E-state index < -0.39 is 0 Å². The van der Waals surface area contributed by atoms with E-state index in [-0.39, 0.29) is 29.6 Å². The molecule has 0 spiro atoms. The van der Waals surface area contributed by atoms with E-state index in [9.17, 15) is 4.79 Å². The molecule has 6 nitrogen and oxygen atoms in total. The molecule has 3 heterocycles. The van der Waals surface area contributed by atoms with Crippen molar-refractivity contribution < 1.29 is 4.79 Å². The van der Waals surface area contributed by atoms with Crippen LogP contribution in [0.5, 0.6) is 0 Å². The third kappa shape index (κ3) is 2.72. The van der Waals surface area contributed by atoms with Gasteiger partial charge in [-0.15, -0.1) is 6.42 Å². The molecular formula is C23H29N5O. The first-order chi connectivity index (χ1) is 14.1. The molecule has 1 amide bonds. The van der Waals surface area contributed by atoms with Crippen LogP contribution in [0.25, 0.3) is 11.0 Å². The summed E-state index contributed by atoms with van der Waals surface area (Å²) in [6.07, 6.45) is 13.3. The molecule has 6 rings (SSSR count). The summed E-state index contributed by atoms with van der Waals surface area (Å²) in [5.74, 6) is 2.74. The molecule has 6 heteroatoms. The van der Waals surface area contributed by atoms with Crippen LogP contribution >= 0.6 is 0 Å². The van der Waals surface area contributed by atoms with Crippen molar-refractivity contribution in [2.24, 2.45) is 17.1 Å². The maximum atomic E-state index is 13.0. The second kappa shape index (κ2) is 6.86. The van der Waals surface area contributed by atoms with Gasteiger partial charge in [-0.3, -0.25) is 10.1 Å². The van der Waals surface area contributed by atoms with Crippen molar-refractivity contribution in [3.05, 3.63) is 29.6 Å². The zero-order valence-electron chi connectivity index (χ0n) is 16.9. The lowest BCUT2D eigenvalue weighted by molar-refractivity contribution is -0.139. The number of nitrogens with zero attached hydrogens (tertiary/aromatic N) is 2. The maximum absolute atomic E-state index is 13.0. The topological polar surface area (TPSA) is 87.0 Å². The number of pyridine rings is 1. The largest absolute Gasteiger partial charge is 0.341 e. The van der Waals surface area contributed by atoms with E-state index in [0.29, 0.717) is 5.92 Å². The number of terminal acetylenes is 1. The molecule has 2 bridgehead atoms. The molecule has 3 saturated carbocycles. The van der Waals surface area contributed by atoms with E-state index in [0.717, 1.165) is 61.8 Å². The van der Waals surface area contributed by atoms with Crippen LogP contribution in [-0.4, -0.2) is 39.5 Å². The summed E-state index contributed by atoms with van der Waals surface area (Å²) in [6.45, 7) is 3.04. The normalized spacial score (nSPS) is 32.7. The number of nitrogens with two attached hydrogens (primary N) is 1. The first-order valence-corrected chi connectivity index (χ1v) is 10.8. The molecular weight excluding hydrogens is 362 g/mol. The lowest BCUT2D eigenvalue weighted by atomic mass is 9.62. The van der Waals surface area contributed by atoms with Crippen molar-refractivity contribution in [1.82, 2.24) is 20.2 Å². The van der Waals surface area contributed by atoms with Crippen molar-refractivity contribution in [3.63, 3.8) is 0 Å². The number of aromatic amines is 1. The zero-order chi connectivity index (χ0) is 20.2. The molecule has 3 fully saturated rings. The number of H-pyrrole nitrogens is 1. The van der Waals surface area contributed by atoms with Gasteiger partial charge in [-0.05, 0) is 67.2 Å². The van der Waals surface area contributed by atoms with Gasteiger partial charge < -0.3 is 15.6 Å². The van der Waals surface area contributed by atoms with Crippen LogP contribution < -0.4 is 11.1 Å². The van der Waals surface area contributed by atoms with E-state index in [1.165, 1.54) is 5.56 Å². The van der Waals surface area contributed by atoms with Crippen molar-refractivity contribution in [2.45, 2.75) is 63.7 Å². The summed E-state index contributed by atoms with van der Waals surface area (Å²) in [4.78, 5) is 23.1. The van der Waals surface area contributed by atoms with Gasteiger partial charge in [0.15, 0.2) is 0 Å². The molecule has 0 radical (unpaired) electrons. The molecule has 4 N–H and O–H groups in total. The molecule has 0 saturated heterocycles. The summed E-state index contributed by atoms with van der Waals surface area (Å²) in [6, 6.07) is 4.25. The van der Waals surface area contributed by atoms with Crippen LogP contribution in [0.1, 0.15) is 56.3 Å². The van der Waals surface area contributed by atoms with E-state index >= 15 is 0 Å². The van der Waals surface area contributed by atoms with E-state index in [4.69, 9.17) is 12.2 Å². The van der Waals surface area contributed by atoms with Gasteiger partial charge >= 0.3 is 0 Å². The lowest BCUT2D eigenvalue weighted by Gasteiger charge is -2.53. The van der Waals surface area contributed by atoms with Gasteiger partial charge in [0.2, 0.25) is 0 Å². The first kappa shape index (κ1) is 18.7. The average Bonchev–Trinajstić information content (AvgIpc) is 3.34. The number of amides is 1. The summed E-state index contributed by atoms with van der Waals surface area (Å²) < 4.78 is 0. The zero-order valence-corrected chi connectivity index (χ0v) is 16.9. The molecule has 152 valence electrons. The molecule has 0 aromatic carbocycles. The van der Waals surface area contributed by atoms with Crippen molar-refractivity contribution in [1.29, 1.82) is 0 Å². The first-order valence-electron chi connectivity index (χ1n) is 10.8. The minimum atomic E-state index is -0.237. The predicted molar refractivity (Wildman–Crippen MR) is 113 cm³/mol. The Labute approximate surface area is 171 Å². The molecule has 0 unspecified atom stereocenters. The summed E-state index contributed by atoms with van der Waals surface area (Å²) in [5.41, 5.74) is 9.70. The highest BCUT2D eigenvalue weighted by molar-refractivity contribution is 5.94. The van der Waals surface area contributed by atoms with Gasteiger partial charge in [-0.1, -0.05) is 13.3 Å². The Morgan fingerprint density at radius 1 is 1.48 bits per heavy atom. The molecule has 1 aliphatic heterocycles. The van der Waals surface area contributed by atoms with E-state index in [2.05, 4.69) is 34.2 Å². The van der Waals surface area contributed by atoms with Crippen molar-refractivity contribution in [3.8, 4) is 12.3 Å². The number of hydrogen-bond donors (Lipinski definition) is 3. The van der Waals surface area contributed by atoms with Gasteiger partial charge in [0.1, 0.15) is 5.65 Å². The number of carbonyl (C=O) groups is 1. The predicted octanol–water partition coefficient (Wildman–Crippen LogP) is 2.47. The van der Waals surface area contributed by atoms with Crippen molar-refractivity contribution >= 4 is 16.9 Å². The molecule has 3 atom stereocenters. The molecule has 3 aliphatic carbocycles. The Balaban J connectivity index is 1.64. The number of hydrogen-bond acceptors (Lipinski definition) is 4. The number of rotatable bonds is 5. The Hall–Kier alpha value is -2.36. The monoisotopic (exact) mass is 391 g/mol. The van der Waals surface area contributed by atoms with Gasteiger partial charge in [0, 0.05) is 29.7 Å². The fourth-order valence-electron chi connectivity index (χ4n) is 6.14. The highest BCUT2D eigenvalue weighted by Crippen LogP contribution is 2.66.